The Hall–Kier alpha value is -6.64. The van der Waals surface area contributed by atoms with Gasteiger partial charge in [-0.3, -0.25) is 28.8 Å². The van der Waals surface area contributed by atoms with Crippen LogP contribution >= 0.6 is 69.6 Å². The third-order valence-corrected chi connectivity index (χ3v) is 23.8. The molecule has 638 valence electrons. The van der Waals surface area contributed by atoms with E-state index >= 15 is 0 Å². The van der Waals surface area contributed by atoms with E-state index in [1.165, 1.54) is 0 Å². The highest BCUT2D eigenvalue weighted by molar-refractivity contribution is 6.36. The van der Waals surface area contributed by atoms with Crippen LogP contribution in [0.15, 0.2) is 91.0 Å². The molecule has 0 spiro atoms. The third-order valence-electron chi connectivity index (χ3n) is 22.1. The quantitative estimate of drug-likeness (QED) is 0.0301. The second-order valence-corrected chi connectivity index (χ2v) is 33.2. The van der Waals surface area contributed by atoms with Crippen molar-refractivity contribution in [3.05, 3.63) is 205 Å². The zero-order valence-corrected chi connectivity index (χ0v) is 72.0. The molecular formula is C87H108Cl6N10O15. The molecule has 0 radical (unpaired) electrons. The topological polar surface area (TPSA) is 244 Å². The minimum Gasteiger partial charge on any atom is -0.377 e. The van der Waals surface area contributed by atoms with Crippen LogP contribution in [0.2, 0.25) is 30.1 Å². The van der Waals surface area contributed by atoms with E-state index in [9.17, 15) is 28.8 Å². The van der Waals surface area contributed by atoms with Crippen molar-refractivity contribution >= 4 is 105 Å². The second-order valence-electron chi connectivity index (χ2n) is 30.7. The summed E-state index contributed by atoms with van der Waals surface area (Å²) in [5.74, 6) is -0.541. The fraction of sp³-hybridized carbons (Fsp3) is 0.517. The van der Waals surface area contributed by atoms with Crippen molar-refractivity contribution in [2.45, 2.75) is 76.3 Å². The molecule has 3 N–H and O–H groups in total. The summed E-state index contributed by atoms with van der Waals surface area (Å²) in [5, 5.41) is 12.4. The molecule has 31 heteroatoms. The van der Waals surface area contributed by atoms with Crippen molar-refractivity contribution in [3.8, 4) is 0 Å². The molecule has 6 aliphatic heterocycles. The van der Waals surface area contributed by atoms with E-state index in [0.717, 1.165) is 106 Å². The van der Waals surface area contributed by atoms with Gasteiger partial charge in [-0.25, -0.2) is 0 Å². The molecule has 3 unspecified atom stereocenters. The number of halogens is 6. The number of benzene rings is 6. The SMILES string of the molecule is CN1Cc2c(Cl)cc(Cl)cc2C(c2ccc3c(c2)C(=O)N(CCOCCOCCOCCNC(=O)CCN(CCC(=O)NCCOCCOCCOCCN2Cc4ccc(C5CN(C)Cc6c(Cl)cc(Cl)cc65)cc4C2=O)CCC(=O)NCCOCCOCCOCCN2Cc4ccc(C5CN(C)Cc6c(Cl)cc(Cl)cc65)cc4C2=O)C3)C1. The molecule has 0 fully saturated rings. The maximum absolute atomic E-state index is 13.6. The Kier molecular flexibility index (Phi) is 34.9. The van der Waals surface area contributed by atoms with E-state index in [4.69, 9.17) is 112 Å². The molecule has 6 heterocycles. The average Bonchev–Trinajstić information content (AvgIpc) is 1.53. The van der Waals surface area contributed by atoms with E-state index in [1.54, 1.807) is 32.9 Å². The Morgan fingerprint density at radius 2 is 0.602 bits per heavy atom. The Morgan fingerprint density at radius 1 is 0.347 bits per heavy atom. The molecule has 6 aliphatic rings. The molecule has 0 aliphatic carbocycles. The predicted molar refractivity (Wildman–Crippen MR) is 454 cm³/mol. The van der Waals surface area contributed by atoms with E-state index in [2.05, 4.69) is 70.0 Å². The summed E-state index contributed by atoms with van der Waals surface area (Å²) in [6, 6.07) is 29.8. The average molecular weight is 1750 g/mol. The number of nitrogens with one attached hydrogen (secondary N) is 3. The Labute approximate surface area is 721 Å². The predicted octanol–water partition coefficient (Wildman–Crippen LogP) is 10.6. The summed E-state index contributed by atoms with van der Waals surface area (Å²) in [6.45, 7) is 15.2. The van der Waals surface area contributed by atoms with E-state index in [1.807, 2.05) is 59.5 Å². The summed E-state index contributed by atoms with van der Waals surface area (Å²) in [4.78, 5) is 93.9. The van der Waals surface area contributed by atoms with Crippen LogP contribution < -0.4 is 16.0 Å². The fourth-order valence-corrected chi connectivity index (χ4v) is 17.7. The van der Waals surface area contributed by atoms with Gasteiger partial charge in [0.25, 0.3) is 17.7 Å². The number of nitrogens with zero attached hydrogens (tertiary/aromatic N) is 7. The van der Waals surface area contributed by atoms with Crippen molar-refractivity contribution in [1.82, 2.24) is 50.2 Å². The first kappa shape index (κ1) is 90.6. The molecule has 0 aromatic heterocycles. The molecule has 6 aromatic rings. The molecule has 3 atom stereocenters. The third kappa shape index (κ3) is 25.5. The van der Waals surface area contributed by atoms with Gasteiger partial charge in [0, 0.05) is 202 Å². The lowest BCUT2D eigenvalue weighted by Gasteiger charge is -2.33. The van der Waals surface area contributed by atoms with Gasteiger partial charge in [-0.05, 0) is 143 Å². The molecular weight excluding hydrogens is 1640 g/mol. The number of hydrogen-bond acceptors (Lipinski definition) is 19. The van der Waals surface area contributed by atoms with Gasteiger partial charge in [0.15, 0.2) is 0 Å². The largest absolute Gasteiger partial charge is 0.377 e. The Bertz CT molecular complexity index is 4020. The lowest BCUT2D eigenvalue weighted by atomic mass is 9.84. The highest BCUT2D eigenvalue weighted by atomic mass is 35.5. The summed E-state index contributed by atoms with van der Waals surface area (Å²) in [6.07, 6.45) is 0.401. The van der Waals surface area contributed by atoms with Crippen molar-refractivity contribution in [1.29, 1.82) is 0 Å². The van der Waals surface area contributed by atoms with Crippen LogP contribution in [0.5, 0.6) is 0 Å². The van der Waals surface area contributed by atoms with Gasteiger partial charge < -0.3 is 92.9 Å². The number of carbonyl (C=O) groups excluding carboxylic acids is 6. The molecule has 0 saturated heterocycles. The number of likely N-dealkylation sites (N-methyl/N-ethyl adjacent to an activating group) is 3. The number of fused-ring (bicyclic) bond motifs is 6. The van der Waals surface area contributed by atoms with Crippen LogP contribution in [0.1, 0.15) is 135 Å². The number of hydrogen-bond donors (Lipinski definition) is 3. The lowest BCUT2D eigenvalue weighted by molar-refractivity contribution is -0.121. The van der Waals surface area contributed by atoms with Crippen LogP contribution in [0.4, 0.5) is 0 Å². The summed E-state index contributed by atoms with van der Waals surface area (Å²) in [7, 11) is 6.20. The van der Waals surface area contributed by atoms with E-state index in [0.29, 0.717) is 205 Å². The first-order valence-corrected chi connectivity index (χ1v) is 43.0. The number of rotatable bonds is 48. The Balaban J connectivity index is 0.489. The Morgan fingerprint density at radius 3 is 0.873 bits per heavy atom. The van der Waals surface area contributed by atoms with Gasteiger partial charge >= 0.3 is 0 Å². The molecule has 6 amide bonds. The first-order chi connectivity index (χ1) is 57.2. The summed E-state index contributed by atoms with van der Waals surface area (Å²) >= 11 is 39.2. The van der Waals surface area contributed by atoms with Crippen LogP contribution in [0, 0.1) is 0 Å². The van der Waals surface area contributed by atoms with Gasteiger partial charge in [0.1, 0.15) is 0 Å². The van der Waals surface area contributed by atoms with Crippen molar-refractivity contribution in [2.75, 3.05) is 219 Å². The van der Waals surface area contributed by atoms with Crippen LogP contribution in [0.3, 0.4) is 0 Å². The number of ether oxygens (including phenoxy) is 9. The minimum absolute atomic E-state index is 0.0151. The van der Waals surface area contributed by atoms with E-state index < -0.39 is 0 Å². The highest BCUT2D eigenvalue weighted by Gasteiger charge is 2.36. The van der Waals surface area contributed by atoms with Crippen LogP contribution in [0.25, 0.3) is 0 Å². The zero-order valence-electron chi connectivity index (χ0n) is 67.5. The standard InChI is InChI=1S/C87H108Cl6N10O15/c1-97-52-73(70-43-64(88)46-79(91)76(70)55-97)58-4-7-61-49-101(85(107)67(61)40-58)19-25-113-31-37-116-34-28-110-22-13-94-82(104)10-16-100(17-11-83(105)95-14-23-111-29-35-117-38-32-114-26-20-102-50-62-8-5-59(41-68(62)86(102)108)74-53-98(2)56-77-71(74)44-65(89)47-80(77)92)18-12-84(106)96-15-24-112-30-36-118-39-33-115-27-21-103-51-63-9-6-60(42-69(63)87(103)109)75-54-99(3)57-78-72(75)45-66(90)48-81(78)93/h4-9,40-48,73-75H,10-39,49-57H2,1-3H3,(H,94,104)(H,95,105)(H,96,106). The van der Waals surface area contributed by atoms with Gasteiger partial charge in [0.05, 0.1) is 119 Å². The zero-order chi connectivity index (χ0) is 83.0. The van der Waals surface area contributed by atoms with Gasteiger partial charge in [-0.2, -0.15) is 0 Å². The monoisotopic (exact) mass is 1740 g/mol. The lowest BCUT2D eigenvalue weighted by Crippen LogP contribution is -2.38. The van der Waals surface area contributed by atoms with Gasteiger partial charge in [-0.15, -0.1) is 0 Å². The summed E-state index contributed by atoms with van der Waals surface area (Å²) in [5.41, 5.74) is 14.8. The normalized spacial score (nSPS) is 17.2. The molecule has 0 bridgehead atoms. The van der Waals surface area contributed by atoms with Crippen molar-refractivity contribution in [3.63, 3.8) is 0 Å². The van der Waals surface area contributed by atoms with Crippen LogP contribution in [-0.4, -0.2) is 288 Å². The number of carbonyl (C=O) groups is 6. The molecule has 0 saturated carbocycles. The van der Waals surface area contributed by atoms with Crippen LogP contribution in [-0.2, 0) is 96.3 Å². The van der Waals surface area contributed by atoms with Crippen molar-refractivity contribution in [2.24, 2.45) is 0 Å². The molecule has 12 rings (SSSR count). The fourth-order valence-electron chi connectivity index (χ4n) is 16.0. The maximum atomic E-state index is 13.6. The maximum Gasteiger partial charge on any atom is 0.254 e. The number of amides is 6. The molecule has 25 nitrogen and oxygen atoms in total. The van der Waals surface area contributed by atoms with Gasteiger partial charge in [-0.1, -0.05) is 106 Å². The summed E-state index contributed by atoms with van der Waals surface area (Å²) < 4.78 is 51.8. The van der Waals surface area contributed by atoms with Crippen molar-refractivity contribution < 1.29 is 71.4 Å². The molecule has 6 aromatic carbocycles. The van der Waals surface area contributed by atoms with E-state index in [-0.39, 0.29) is 112 Å². The minimum atomic E-state index is -0.201. The second kappa shape index (κ2) is 45.5. The highest BCUT2D eigenvalue weighted by Crippen LogP contribution is 2.44. The first-order valence-electron chi connectivity index (χ1n) is 40.7. The van der Waals surface area contributed by atoms with Gasteiger partial charge in [0.2, 0.25) is 17.7 Å². The molecule has 118 heavy (non-hydrogen) atoms. The smallest absolute Gasteiger partial charge is 0.254 e.